The Morgan fingerprint density at radius 3 is 1.85 bits per heavy atom. The molecule has 0 aliphatic heterocycles. The van der Waals surface area contributed by atoms with Crippen molar-refractivity contribution < 1.29 is 4.42 Å². The molecule has 15 rings (SSSR count). The second kappa shape index (κ2) is 13.7. The Morgan fingerprint density at radius 1 is 0.343 bits per heavy atom. The van der Waals surface area contributed by atoms with E-state index >= 15 is 0 Å². The van der Waals surface area contributed by atoms with Crippen molar-refractivity contribution in [2.75, 3.05) is 0 Å². The van der Waals surface area contributed by atoms with Crippen molar-refractivity contribution in [1.29, 1.82) is 0 Å². The molecule has 310 valence electrons. The molecule has 0 aliphatic carbocycles. The third-order valence-corrected chi connectivity index (χ3v) is 14.1. The van der Waals surface area contributed by atoms with Gasteiger partial charge in [0.05, 0.1) is 44.7 Å². The predicted molar refractivity (Wildman–Crippen MR) is 279 cm³/mol. The maximum atomic E-state index is 6.59. The molecule has 0 amide bonds. The third-order valence-electron chi connectivity index (χ3n) is 14.1. The fourth-order valence-electron chi connectivity index (χ4n) is 11.1. The van der Waals surface area contributed by atoms with E-state index in [4.69, 9.17) is 14.4 Å². The zero-order valence-corrected chi connectivity index (χ0v) is 36.0. The van der Waals surface area contributed by atoms with Gasteiger partial charge in [0.15, 0.2) is 5.82 Å². The van der Waals surface area contributed by atoms with E-state index in [1.54, 1.807) is 0 Å². The van der Waals surface area contributed by atoms with E-state index in [-0.39, 0.29) is 0 Å². The topological polar surface area (TPSA) is 48.8 Å². The molecule has 4 heterocycles. The van der Waals surface area contributed by atoms with Crippen LogP contribution in [-0.2, 0) is 0 Å². The summed E-state index contributed by atoms with van der Waals surface area (Å²) in [5, 5.41) is 15.1. The van der Waals surface area contributed by atoms with E-state index in [1.165, 1.54) is 54.1 Å². The molecule has 0 unspecified atom stereocenters. The maximum absolute atomic E-state index is 6.59. The molecule has 0 spiro atoms. The molecule has 0 bridgehead atoms. The summed E-state index contributed by atoms with van der Waals surface area (Å²) in [7, 11) is 0. The Bertz CT molecular complexity index is 4590. The lowest BCUT2D eigenvalue weighted by Crippen LogP contribution is -1.99. The Labute approximate surface area is 383 Å². The summed E-state index contributed by atoms with van der Waals surface area (Å²) in [5.74, 6) is 0.656. The number of hydrogen-bond donors (Lipinski definition) is 0. The van der Waals surface area contributed by atoms with Crippen LogP contribution in [0.15, 0.2) is 223 Å². The van der Waals surface area contributed by atoms with Crippen LogP contribution in [0.2, 0.25) is 0 Å². The van der Waals surface area contributed by atoms with Crippen molar-refractivity contribution in [3.8, 4) is 34.0 Å². The lowest BCUT2D eigenvalue weighted by molar-refractivity contribution is 0.670. The van der Waals surface area contributed by atoms with Crippen molar-refractivity contribution in [3.63, 3.8) is 0 Å². The zero-order chi connectivity index (χ0) is 43.7. The Kier molecular flexibility index (Phi) is 7.44. The van der Waals surface area contributed by atoms with E-state index < -0.39 is 0 Å². The minimum absolute atomic E-state index is 0.656. The van der Waals surface area contributed by atoms with Crippen molar-refractivity contribution in [3.05, 3.63) is 218 Å². The van der Waals surface area contributed by atoms with Crippen molar-refractivity contribution in [2.45, 2.75) is 0 Å². The van der Waals surface area contributed by atoms with Gasteiger partial charge in [0, 0.05) is 65.0 Å². The van der Waals surface area contributed by atoms with Crippen molar-refractivity contribution in [1.82, 2.24) is 19.1 Å². The van der Waals surface area contributed by atoms with Gasteiger partial charge < -0.3 is 13.6 Å². The summed E-state index contributed by atoms with van der Waals surface area (Å²) in [6.45, 7) is 0. The molecule has 5 heteroatoms. The highest BCUT2D eigenvalue weighted by atomic mass is 16.3. The lowest BCUT2D eigenvalue weighted by Gasteiger charge is -2.16. The van der Waals surface area contributed by atoms with Crippen LogP contribution in [0.25, 0.3) is 143 Å². The quantitative estimate of drug-likeness (QED) is 0.177. The summed E-state index contributed by atoms with van der Waals surface area (Å²) in [6, 6.07) is 78.6. The summed E-state index contributed by atoms with van der Waals surface area (Å²) >= 11 is 0. The van der Waals surface area contributed by atoms with E-state index in [2.05, 4.69) is 209 Å². The minimum atomic E-state index is 0.656. The van der Waals surface area contributed by atoms with Gasteiger partial charge in [0.2, 0.25) is 0 Å². The standard InChI is InChI=1S/C62H36N4O/c1-4-19-42-37(15-1)31-32-46-43-20-6-11-28-54(43)66(60(42)46)55-29-13-17-39-34-57-51(36-50(39)55)44-21-7-10-27-53(44)65(57)56-35-40(33-38-16-2-3-18-41(38)56)62-63-52-26-9-5-23-48(52)59(64-62)49-25-14-24-47-45-22-8-12-30-58(45)67-61(47)49/h1-36H. The number of para-hydroxylation sites is 5. The first-order valence-corrected chi connectivity index (χ1v) is 22.8. The zero-order valence-electron chi connectivity index (χ0n) is 36.0. The van der Waals surface area contributed by atoms with Gasteiger partial charge in [-0.3, -0.25) is 0 Å². The summed E-state index contributed by atoms with van der Waals surface area (Å²) in [4.78, 5) is 10.8. The van der Waals surface area contributed by atoms with Crippen molar-refractivity contribution >= 4 is 109 Å². The molecular formula is C62H36N4O. The van der Waals surface area contributed by atoms with Gasteiger partial charge in [-0.25, -0.2) is 9.97 Å². The van der Waals surface area contributed by atoms with E-state index in [1.807, 2.05) is 18.2 Å². The molecule has 0 N–H and O–H groups in total. The summed E-state index contributed by atoms with van der Waals surface area (Å²) in [5.41, 5.74) is 12.2. The number of benzene rings is 11. The molecule has 4 aromatic heterocycles. The molecule has 0 aliphatic rings. The van der Waals surface area contributed by atoms with Crippen LogP contribution in [0, 0.1) is 0 Å². The number of hydrogen-bond acceptors (Lipinski definition) is 3. The van der Waals surface area contributed by atoms with Gasteiger partial charge in [-0.2, -0.15) is 0 Å². The smallest absolute Gasteiger partial charge is 0.160 e. The number of nitrogens with zero attached hydrogens (tertiary/aromatic N) is 4. The molecule has 67 heavy (non-hydrogen) atoms. The number of rotatable bonds is 4. The summed E-state index contributed by atoms with van der Waals surface area (Å²) < 4.78 is 11.5. The average Bonchev–Trinajstić information content (AvgIpc) is 4.05. The second-order valence-electron chi connectivity index (χ2n) is 17.7. The van der Waals surface area contributed by atoms with Crippen molar-refractivity contribution in [2.24, 2.45) is 0 Å². The van der Waals surface area contributed by atoms with Crippen LogP contribution >= 0.6 is 0 Å². The highest BCUT2D eigenvalue weighted by Gasteiger charge is 2.22. The van der Waals surface area contributed by atoms with Gasteiger partial charge in [-0.15, -0.1) is 0 Å². The first-order chi connectivity index (χ1) is 33.2. The maximum Gasteiger partial charge on any atom is 0.160 e. The molecule has 0 atom stereocenters. The van der Waals surface area contributed by atoms with Gasteiger partial charge >= 0.3 is 0 Å². The molecule has 0 fully saturated rings. The van der Waals surface area contributed by atoms with E-state index in [0.717, 1.165) is 82.8 Å². The molecule has 11 aromatic carbocycles. The summed E-state index contributed by atoms with van der Waals surface area (Å²) in [6.07, 6.45) is 0. The first-order valence-electron chi connectivity index (χ1n) is 22.8. The van der Waals surface area contributed by atoms with Crippen LogP contribution in [0.5, 0.6) is 0 Å². The van der Waals surface area contributed by atoms with Gasteiger partial charge in [0.25, 0.3) is 0 Å². The minimum Gasteiger partial charge on any atom is -0.455 e. The van der Waals surface area contributed by atoms with Crippen LogP contribution < -0.4 is 0 Å². The molecule has 15 aromatic rings. The second-order valence-corrected chi connectivity index (χ2v) is 17.7. The van der Waals surface area contributed by atoms with Crippen LogP contribution in [0.1, 0.15) is 0 Å². The normalized spacial score (nSPS) is 12.2. The first kappa shape index (κ1) is 36.3. The van der Waals surface area contributed by atoms with E-state index in [9.17, 15) is 0 Å². The monoisotopic (exact) mass is 852 g/mol. The Morgan fingerprint density at radius 2 is 0.985 bits per heavy atom. The van der Waals surface area contributed by atoms with Crippen LogP contribution in [0.4, 0.5) is 0 Å². The fourth-order valence-corrected chi connectivity index (χ4v) is 11.1. The molecule has 0 radical (unpaired) electrons. The van der Waals surface area contributed by atoms with E-state index in [0.29, 0.717) is 5.82 Å². The molecule has 0 saturated heterocycles. The largest absolute Gasteiger partial charge is 0.455 e. The number of fused-ring (bicyclic) bond motifs is 14. The highest BCUT2D eigenvalue weighted by molar-refractivity contribution is 6.21. The predicted octanol–water partition coefficient (Wildman–Crippen LogP) is 16.5. The third kappa shape index (κ3) is 5.19. The molecule has 5 nitrogen and oxygen atoms in total. The Balaban J connectivity index is 0.988. The van der Waals surface area contributed by atoms with Crippen LogP contribution in [0.3, 0.4) is 0 Å². The van der Waals surface area contributed by atoms with Gasteiger partial charge in [-0.1, -0.05) is 158 Å². The fraction of sp³-hybridized carbons (Fsp3) is 0. The molecular weight excluding hydrogens is 817 g/mol. The van der Waals surface area contributed by atoms with Crippen LogP contribution in [-0.4, -0.2) is 19.1 Å². The Hall–Kier alpha value is -9.06. The number of furan rings is 1. The van der Waals surface area contributed by atoms with Gasteiger partial charge in [0.1, 0.15) is 11.2 Å². The number of aromatic nitrogens is 4. The highest BCUT2D eigenvalue weighted by Crippen LogP contribution is 2.43. The SMILES string of the molecule is c1ccc2c(-n3c4ccccc4c4cc5c(-n6c7ccccc7c7ccc8ccccc8c76)cccc5cc43)cc(-c3nc(-c4cccc5c4oc4ccccc45)c4ccccc4n3)cc2c1. The van der Waals surface area contributed by atoms with Gasteiger partial charge in [-0.05, 0) is 76.8 Å². The average molecular weight is 853 g/mol. The molecule has 0 saturated carbocycles. The lowest BCUT2D eigenvalue weighted by atomic mass is 10.0.